The van der Waals surface area contributed by atoms with Gasteiger partial charge in [-0.3, -0.25) is 10.1 Å². The Morgan fingerprint density at radius 1 is 1.33 bits per heavy atom. The van der Waals surface area contributed by atoms with E-state index in [4.69, 9.17) is 16.3 Å². The van der Waals surface area contributed by atoms with Crippen molar-refractivity contribution < 1.29 is 18.8 Å². The van der Waals surface area contributed by atoms with Gasteiger partial charge in [0.2, 0.25) is 0 Å². The minimum absolute atomic E-state index is 0.0707. The fourth-order valence-corrected chi connectivity index (χ4v) is 1.99. The van der Waals surface area contributed by atoms with E-state index >= 15 is 0 Å². The lowest BCUT2D eigenvalue weighted by atomic mass is 10.2. The average Bonchev–Trinajstić information content (AvgIpc) is 2.37. The van der Waals surface area contributed by atoms with E-state index < -0.39 is 16.7 Å². The van der Waals surface area contributed by atoms with Crippen molar-refractivity contribution in [2.75, 3.05) is 0 Å². The highest BCUT2D eigenvalue weighted by Gasteiger charge is 2.19. The van der Waals surface area contributed by atoms with Gasteiger partial charge < -0.3 is 4.74 Å². The Morgan fingerprint density at radius 3 is 2.62 bits per heavy atom. The number of nitrogens with zero attached hydrogens (tertiary/aromatic N) is 1. The zero-order chi connectivity index (χ0) is 15.6. The van der Waals surface area contributed by atoms with Gasteiger partial charge in [0, 0.05) is 11.6 Å². The molecule has 0 saturated heterocycles. The molecule has 0 aliphatic rings. The molecule has 7 heteroatoms. The summed E-state index contributed by atoms with van der Waals surface area (Å²) in [5.74, 6) is -1.69. The van der Waals surface area contributed by atoms with Crippen LogP contribution in [-0.2, 0) is 0 Å². The maximum absolute atomic E-state index is 13.6. The SMILES string of the molecule is Cc1cc(OC(=O)c2c(F)cccc2Cl)ccc1[N+](=O)[O-]. The molecule has 2 rings (SSSR count). The molecule has 0 heterocycles. The van der Waals surface area contributed by atoms with Crippen LogP contribution in [0.4, 0.5) is 10.1 Å². The van der Waals surface area contributed by atoms with Crippen LogP contribution in [0, 0.1) is 22.9 Å². The molecule has 0 unspecified atom stereocenters. The second-order valence-electron chi connectivity index (χ2n) is 4.19. The van der Waals surface area contributed by atoms with Crippen molar-refractivity contribution >= 4 is 23.3 Å². The number of carbonyl (C=O) groups is 1. The molecule has 21 heavy (non-hydrogen) atoms. The zero-order valence-electron chi connectivity index (χ0n) is 10.8. The number of aryl methyl sites for hydroxylation is 1. The van der Waals surface area contributed by atoms with Crippen molar-refractivity contribution in [3.8, 4) is 5.75 Å². The Labute approximate surface area is 124 Å². The Hall–Kier alpha value is -2.47. The third-order valence-electron chi connectivity index (χ3n) is 2.74. The molecule has 0 spiro atoms. The van der Waals surface area contributed by atoms with Gasteiger partial charge in [0.25, 0.3) is 5.69 Å². The Kier molecular flexibility index (Phi) is 4.18. The third kappa shape index (κ3) is 3.17. The lowest BCUT2D eigenvalue weighted by Crippen LogP contribution is -2.11. The van der Waals surface area contributed by atoms with Crippen LogP contribution in [0.5, 0.6) is 5.75 Å². The molecule has 0 fully saturated rings. The van der Waals surface area contributed by atoms with Crippen molar-refractivity contribution in [1.82, 2.24) is 0 Å². The van der Waals surface area contributed by atoms with Crippen LogP contribution in [0.25, 0.3) is 0 Å². The summed E-state index contributed by atoms with van der Waals surface area (Å²) < 4.78 is 18.6. The molecule has 0 aliphatic heterocycles. The quantitative estimate of drug-likeness (QED) is 0.373. The topological polar surface area (TPSA) is 69.4 Å². The predicted octanol–water partition coefficient (Wildman–Crippen LogP) is 3.91. The number of benzene rings is 2. The first kappa shape index (κ1) is 14.9. The van der Waals surface area contributed by atoms with Gasteiger partial charge in [0.05, 0.1) is 9.95 Å². The number of nitro benzene ring substituents is 1. The van der Waals surface area contributed by atoms with Crippen molar-refractivity contribution in [3.63, 3.8) is 0 Å². The van der Waals surface area contributed by atoms with Crippen LogP contribution < -0.4 is 4.74 Å². The number of halogens is 2. The van der Waals surface area contributed by atoms with Crippen LogP contribution in [0.2, 0.25) is 5.02 Å². The molecule has 0 saturated carbocycles. The van der Waals surface area contributed by atoms with Gasteiger partial charge in [0.1, 0.15) is 17.1 Å². The largest absolute Gasteiger partial charge is 0.423 e. The van der Waals surface area contributed by atoms with Gasteiger partial charge in [-0.2, -0.15) is 0 Å². The third-order valence-corrected chi connectivity index (χ3v) is 3.06. The average molecular weight is 310 g/mol. The van der Waals surface area contributed by atoms with Crippen molar-refractivity contribution in [3.05, 3.63) is 68.5 Å². The van der Waals surface area contributed by atoms with Crippen LogP contribution in [0.15, 0.2) is 36.4 Å². The monoisotopic (exact) mass is 309 g/mol. The lowest BCUT2D eigenvalue weighted by Gasteiger charge is -2.07. The second kappa shape index (κ2) is 5.88. The molecule has 0 radical (unpaired) electrons. The van der Waals surface area contributed by atoms with Crippen LogP contribution >= 0.6 is 11.6 Å². The van der Waals surface area contributed by atoms with Gasteiger partial charge in [-0.05, 0) is 31.2 Å². The summed E-state index contributed by atoms with van der Waals surface area (Å²) in [7, 11) is 0. The number of rotatable bonds is 3. The zero-order valence-corrected chi connectivity index (χ0v) is 11.6. The maximum Gasteiger partial charge on any atom is 0.348 e. The maximum atomic E-state index is 13.6. The van der Waals surface area contributed by atoms with Gasteiger partial charge in [-0.25, -0.2) is 9.18 Å². The molecule has 108 valence electrons. The summed E-state index contributed by atoms with van der Waals surface area (Å²) in [6, 6.07) is 7.61. The van der Waals surface area contributed by atoms with E-state index in [0.717, 1.165) is 6.07 Å². The van der Waals surface area contributed by atoms with E-state index in [1.807, 2.05) is 0 Å². The van der Waals surface area contributed by atoms with Gasteiger partial charge in [-0.15, -0.1) is 0 Å². The first-order valence-corrected chi connectivity index (χ1v) is 6.19. The lowest BCUT2D eigenvalue weighted by molar-refractivity contribution is -0.385. The normalized spacial score (nSPS) is 10.2. The Bertz CT molecular complexity index is 713. The van der Waals surface area contributed by atoms with Crippen molar-refractivity contribution in [2.45, 2.75) is 6.92 Å². The van der Waals surface area contributed by atoms with E-state index in [9.17, 15) is 19.3 Å². The van der Waals surface area contributed by atoms with Gasteiger partial charge >= 0.3 is 5.97 Å². The fraction of sp³-hybridized carbons (Fsp3) is 0.0714. The molecule has 0 atom stereocenters. The molecular weight excluding hydrogens is 301 g/mol. The van der Waals surface area contributed by atoms with E-state index in [1.165, 1.54) is 37.3 Å². The number of ether oxygens (including phenoxy) is 1. The summed E-state index contributed by atoms with van der Waals surface area (Å²) in [4.78, 5) is 22.1. The highest BCUT2D eigenvalue weighted by molar-refractivity contribution is 6.33. The Balaban J connectivity index is 2.28. The van der Waals surface area contributed by atoms with Crippen LogP contribution in [0.3, 0.4) is 0 Å². The molecule has 2 aromatic carbocycles. The fourth-order valence-electron chi connectivity index (χ4n) is 1.75. The minimum atomic E-state index is -0.966. The molecule has 2 aromatic rings. The first-order valence-electron chi connectivity index (χ1n) is 5.81. The van der Waals surface area contributed by atoms with Crippen molar-refractivity contribution in [2.24, 2.45) is 0 Å². The summed E-state index contributed by atoms with van der Waals surface area (Å²) >= 11 is 5.76. The molecule has 5 nitrogen and oxygen atoms in total. The molecule has 0 aromatic heterocycles. The van der Waals surface area contributed by atoms with Crippen LogP contribution in [-0.4, -0.2) is 10.9 Å². The first-order chi connectivity index (χ1) is 9.90. The van der Waals surface area contributed by atoms with E-state index in [0.29, 0.717) is 5.56 Å². The van der Waals surface area contributed by atoms with Gasteiger partial charge in [0.15, 0.2) is 0 Å². The number of carbonyl (C=O) groups excluding carboxylic acids is 1. The van der Waals surface area contributed by atoms with Crippen LogP contribution in [0.1, 0.15) is 15.9 Å². The van der Waals surface area contributed by atoms with E-state index in [1.54, 1.807) is 0 Å². The van der Waals surface area contributed by atoms with Crippen molar-refractivity contribution in [1.29, 1.82) is 0 Å². The molecule has 0 N–H and O–H groups in total. The number of hydrogen-bond acceptors (Lipinski definition) is 4. The number of nitro groups is 1. The van der Waals surface area contributed by atoms with E-state index in [-0.39, 0.29) is 22.0 Å². The predicted molar refractivity (Wildman–Crippen MR) is 74.2 cm³/mol. The highest BCUT2D eigenvalue weighted by atomic mass is 35.5. The highest BCUT2D eigenvalue weighted by Crippen LogP contribution is 2.25. The molecular formula is C14H9ClFNO4. The molecule has 0 bridgehead atoms. The molecule has 0 aliphatic carbocycles. The smallest absolute Gasteiger partial charge is 0.348 e. The summed E-state index contributed by atoms with van der Waals surface area (Å²) in [6.45, 7) is 1.51. The minimum Gasteiger partial charge on any atom is -0.423 e. The Morgan fingerprint density at radius 2 is 2.05 bits per heavy atom. The summed E-state index contributed by atoms with van der Waals surface area (Å²) in [5, 5.41) is 10.6. The molecule has 0 amide bonds. The van der Waals surface area contributed by atoms with E-state index in [2.05, 4.69) is 0 Å². The standard InChI is InChI=1S/C14H9ClFNO4/c1-8-7-9(5-6-12(8)17(19)20)21-14(18)13-10(15)3-2-4-11(13)16/h2-7H,1H3. The van der Waals surface area contributed by atoms with Gasteiger partial charge in [-0.1, -0.05) is 17.7 Å². The number of hydrogen-bond donors (Lipinski definition) is 0. The number of esters is 1. The summed E-state index contributed by atoms with van der Waals surface area (Å²) in [6.07, 6.45) is 0. The summed E-state index contributed by atoms with van der Waals surface area (Å²) in [5.41, 5.74) is -0.154. The second-order valence-corrected chi connectivity index (χ2v) is 4.60.